The molecule has 0 aromatic heterocycles. The molecule has 0 rings (SSSR count). The Hall–Kier alpha value is 0.424. The van der Waals surface area contributed by atoms with Crippen molar-refractivity contribution in [3.8, 4) is 11.2 Å². The van der Waals surface area contributed by atoms with Crippen molar-refractivity contribution in [3.63, 3.8) is 0 Å². The standard InChI is InChI=1S/C9H21PSi2/c1-4-12(5-2,6-3)9-10-7-8-11/h10H,4-6,9H2,1-3,11H3. The predicted octanol–water partition coefficient (Wildman–Crippen LogP) is 2.00. The van der Waals surface area contributed by atoms with Crippen LogP contribution in [0.25, 0.3) is 0 Å². The SMILES string of the molecule is CC[Si](CC)(CC)CPC#C[SiH3]. The molecule has 0 saturated heterocycles. The van der Waals surface area contributed by atoms with Crippen LogP contribution >= 0.6 is 8.58 Å². The number of rotatable bonds is 5. The monoisotopic (exact) mass is 216 g/mol. The topological polar surface area (TPSA) is 0 Å². The van der Waals surface area contributed by atoms with Gasteiger partial charge in [0.05, 0.1) is 18.3 Å². The molecule has 0 aliphatic rings. The fourth-order valence-corrected chi connectivity index (χ4v) is 8.51. The van der Waals surface area contributed by atoms with Gasteiger partial charge < -0.3 is 0 Å². The van der Waals surface area contributed by atoms with Crippen molar-refractivity contribution in [2.75, 3.05) is 5.79 Å². The molecule has 12 heavy (non-hydrogen) atoms. The van der Waals surface area contributed by atoms with Gasteiger partial charge in [-0.15, -0.1) is 5.54 Å². The van der Waals surface area contributed by atoms with Crippen molar-refractivity contribution in [1.82, 2.24) is 0 Å². The molecule has 0 nitrogen and oxygen atoms in total. The summed E-state index contributed by atoms with van der Waals surface area (Å²) in [4.78, 5) is 0. The Kier molecular flexibility index (Phi) is 7.13. The molecule has 0 aromatic rings. The van der Waals surface area contributed by atoms with E-state index in [1.165, 1.54) is 23.9 Å². The first-order chi connectivity index (χ1) is 5.74. The molecule has 0 aromatic carbocycles. The molecule has 70 valence electrons. The van der Waals surface area contributed by atoms with Crippen LogP contribution in [-0.2, 0) is 0 Å². The third kappa shape index (κ3) is 3.89. The number of hydrogen-bond donors (Lipinski definition) is 0. The van der Waals surface area contributed by atoms with Gasteiger partial charge in [-0.3, -0.25) is 0 Å². The van der Waals surface area contributed by atoms with Crippen molar-refractivity contribution < 1.29 is 0 Å². The summed E-state index contributed by atoms with van der Waals surface area (Å²) in [6, 6.07) is 4.36. The van der Waals surface area contributed by atoms with Gasteiger partial charge in [-0.1, -0.05) is 44.6 Å². The maximum Gasteiger partial charge on any atom is 0.0910 e. The van der Waals surface area contributed by atoms with Gasteiger partial charge in [0.25, 0.3) is 0 Å². The first kappa shape index (κ1) is 12.4. The maximum atomic E-state index is 3.28. The second-order valence-electron chi connectivity index (χ2n) is 3.29. The molecule has 1 atom stereocenters. The van der Waals surface area contributed by atoms with Gasteiger partial charge in [0.15, 0.2) is 0 Å². The summed E-state index contributed by atoms with van der Waals surface area (Å²) >= 11 is 0. The van der Waals surface area contributed by atoms with Crippen molar-refractivity contribution in [1.29, 1.82) is 0 Å². The zero-order chi connectivity index (χ0) is 9.45. The van der Waals surface area contributed by atoms with Crippen molar-refractivity contribution in [2.24, 2.45) is 0 Å². The summed E-state index contributed by atoms with van der Waals surface area (Å²) in [5.41, 5.74) is 6.42. The Balaban J connectivity index is 3.98. The van der Waals surface area contributed by atoms with Crippen molar-refractivity contribution in [2.45, 2.75) is 38.9 Å². The third-order valence-corrected chi connectivity index (χ3v) is 12.3. The molecule has 0 saturated carbocycles. The van der Waals surface area contributed by atoms with Gasteiger partial charge in [-0.25, -0.2) is 0 Å². The van der Waals surface area contributed by atoms with Gasteiger partial charge >= 0.3 is 0 Å². The molecular formula is C9H21PSi2. The minimum absolute atomic E-state index is 0.829. The summed E-state index contributed by atoms with van der Waals surface area (Å²) in [5.74, 6) is 1.46. The van der Waals surface area contributed by atoms with Crippen molar-refractivity contribution >= 4 is 26.9 Å². The zero-order valence-corrected chi connectivity index (χ0v) is 12.8. The molecule has 0 bridgehead atoms. The maximum absolute atomic E-state index is 3.28. The molecular weight excluding hydrogens is 195 g/mol. The summed E-state index contributed by atoms with van der Waals surface area (Å²) < 4.78 is 0. The molecule has 0 aliphatic heterocycles. The Bertz CT molecular complexity index is 157. The fraction of sp³-hybridized carbons (Fsp3) is 0.778. The molecule has 0 amide bonds. The van der Waals surface area contributed by atoms with Crippen LogP contribution in [0.15, 0.2) is 0 Å². The quantitative estimate of drug-likeness (QED) is 0.375. The van der Waals surface area contributed by atoms with Crippen LogP contribution in [0.4, 0.5) is 0 Å². The minimum atomic E-state index is -0.829. The summed E-state index contributed by atoms with van der Waals surface area (Å²) in [5, 5.41) is 0. The highest BCUT2D eigenvalue weighted by Gasteiger charge is 2.25. The van der Waals surface area contributed by atoms with Gasteiger partial charge in [0.2, 0.25) is 0 Å². The fourth-order valence-electron chi connectivity index (χ4n) is 1.45. The highest BCUT2D eigenvalue weighted by atomic mass is 31.1. The van der Waals surface area contributed by atoms with E-state index in [-0.39, 0.29) is 0 Å². The molecule has 3 heteroatoms. The average molecular weight is 216 g/mol. The lowest BCUT2D eigenvalue weighted by molar-refractivity contribution is 1.17. The van der Waals surface area contributed by atoms with Crippen LogP contribution in [0.3, 0.4) is 0 Å². The molecule has 0 radical (unpaired) electrons. The van der Waals surface area contributed by atoms with E-state index in [0.29, 0.717) is 0 Å². The van der Waals surface area contributed by atoms with Gasteiger partial charge in [-0.05, 0) is 14.4 Å². The average Bonchev–Trinajstić information content (AvgIpc) is 2.14. The van der Waals surface area contributed by atoms with Crippen molar-refractivity contribution in [3.05, 3.63) is 0 Å². The van der Waals surface area contributed by atoms with E-state index in [9.17, 15) is 0 Å². The number of hydrogen-bond acceptors (Lipinski definition) is 0. The molecule has 1 unspecified atom stereocenters. The second-order valence-corrected chi connectivity index (χ2v) is 10.9. The first-order valence-corrected chi connectivity index (χ1v) is 9.92. The minimum Gasteiger partial charge on any atom is -0.140 e. The summed E-state index contributed by atoms with van der Waals surface area (Å²) in [7, 11) is 1.17. The van der Waals surface area contributed by atoms with E-state index in [1.807, 2.05) is 0 Å². The Labute approximate surface area is 83.1 Å². The van der Waals surface area contributed by atoms with E-state index >= 15 is 0 Å². The highest BCUT2D eigenvalue weighted by Crippen LogP contribution is 2.26. The van der Waals surface area contributed by atoms with E-state index in [0.717, 1.165) is 18.8 Å². The largest absolute Gasteiger partial charge is 0.140 e. The van der Waals surface area contributed by atoms with Gasteiger partial charge in [-0.2, -0.15) is 0 Å². The normalized spacial score (nSPS) is 11.9. The predicted molar refractivity (Wildman–Crippen MR) is 68.1 cm³/mol. The third-order valence-electron chi connectivity index (χ3n) is 2.93. The van der Waals surface area contributed by atoms with E-state index < -0.39 is 8.07 Å². The summed E-state index contributed by atoms with van der Waals surface area (Å²) in [6.45, 7) is 7.12. The van der Waals surface area contributed by atoms with Crippen LogP contribution in [0.1, 0.15) is 20.8 Å². The zero-order valence-electron chi connectivity index (χ0n) is 8.83. The lowest BCUT2D eigenvalue weighted by Crippen LogP contribution is -2.34. The lowest BCUT2D eigenvalue weighted by Gasteiger charge is -2.26. The highest BCUT2D eigenvalue weighted by molar-refractivity contribution is 7.47. The van der Waals surface area contributed by atoms with Crippen LogP contribution in [0, 0.1) is 11.2 Å². The van der Waals surface area contributed by atoms with E-state index in [2.05, 4.69) is 32.0 Å². The van der Waals surface area contributed by atoms with Gasteiger partial charge in [0.1, 0.15) is 0 Å². The molecule has 0 aliphatic carbocycles. The molecule has 0 N–H and O–H groups in total. The smallest absolute Gasteiger partial charge is 0.0910 e. The van der Waals surface area contributed by atoms with E-state index in [4.69, 9.17) is 0 Å². The van der Waals surface area contributed by atoms with Crippen LogP contribution in [0.2, 0.25) is 18.1 Å². The molecule has 0 spiro atoms. The molecule has 0 heterocycles. The van der Waals surface area contributed by atoms with Gasteiger partial charge in [0, 0.05) is 0 Å². The van der Waals surface area contributed by atoms with Crippen LogP contribution in [0.5, 0.6) is 0 Å². The van der Waals surface area contributed by atoms with Crippen LogP contribution in [-0.4, -0.2) is 24.1 Å². The summed E-state index contributed by atoms with van der Waals surface area (Å²) in [6.07, 6.45) is 0. The Morgan fingerprint density at radius 1 is 1.17 bits per heavy atom. The first-order valence-electron chi connectivity index (χ1n) is 4.89. The lowest BCUT2D eigenvalue weighted by atomic mass is 10.9. The van der Waals surface area contributed by atoms with E-state index in [1.54, 1.807) is 0 Å². The molecule has 0 fully saturated rings. The Morgan fingerprint density at radius 2 is 1.67 bits per heavy atom. The van der Waals surface area contributed by atoms with Crippen LogP contribution < -0.4 is 0 Å². The second kappa shape index (κ2) is 6.89. The Morgan fingerprint density at radius 3 is 2.00 bits per heavy atom.